The summed E-state index contributed by atoms with van der Waals surface area (Å²) in [5, 5.41) is 22.0. The summed E-state index contributed by atoms with van der Waals surface area (Å²) in [5.41, 5.74) is -0.813. The molecule has 0 bridgehead atoms. The summed E-state index contributed by atoms with van der Waals surface area (Å²) in [7, 11) is 0. The van der Waals surface area contributed by atoms with Gasteiger partial charge in [-0.05, 0) is 12.1 Å². The molecule has 1 aromatic carbocycles. The summed E-state index contributed by atoms with van der Waals surface area (Å²) in [6.07, 6.45) is 0. The third-order valence-electron chi connectivity index (χ3n) is 1.59. The number of rotatable bonds is 2. The Labute approximate surface area is 89.6 Å². The average molecular weight is 231 g/mol. The van der Waals surface area contributed by atoms with E-state index in [1.165, 1.54) is 19.1 Å². The standard InChI is InChI=1S/C8H7ClN2O4/c1-4(12)10-7-6(13)3-2-5(9)8(7)11(14)15/h2-3,13H,1H3,(H,10,12). The van der Waals surface area contributed by atoms with Crippen LogP contribution >= 0.6 is 11.6 Å². The van der Waals surface area contributed by atoms with Crippen molar-refractivity contribution in [1.29, 1.82) is 0 Å². The maximum Gasteiger partial charge on any atom is 0.315 e. The summed E-state index contributed by atoms with van der Waals surface area (Å²) in [5.74, 6) is -0.933. The number of nitro groups is 1. The van der Waals surface area contributed by atoms with Crippen molar-refractivity contribution in [2.75, 3.05) is 5.32 Å². The Morgan fingerprint density at radius 2 is 2.20 bits per heavy atom. The first-order chi connectivity index (χ1) is 6.93. The van der Waals surface area contributed by atoms with Gasteiger partial charge in [-0.2, -0.15) is 0 Å². The van der Waals surface area contributed by atoms with E-state index in [2.05, 4.69) is 5.32 Å². The number of nitrogens with zero attached hydrogens (tertiary/aromatic N) is 1. The molecule has 1 aromatic rings. The van der Waals surface area contributed by atoms with Gasteiger partial charge in [-0.15, -0.1) is 0 Å². The van der Waals surface area contributed by atoms with Crippen molar-refractivity contribution in [2.45, 2.75) is 6.92 Å². The molecule has 0 aliphatic carbocycles. The quantitative estimate of drug-likeness (QED) is 0.461. The molecule has 7 heteroatoms. The molecule has 1 rings (SSSR count). The zero-order valence-electron chi connectivity index (χ0n) is 7.65. The van der Waals surface area contributed by atoms with E-state index in [-0.39, 0.29) is 10.7 Å². The molecular weight excluding hydrogens is 224 g/mol. The first kappa shape index (κ1) is 11.3. The van der Waals surface area contributed by atoms with Gasteiger partial charge in [0, 0.05) is 6.92 Å². The molecule has 0 radical (unpaired) electrons. The lowest BCUT2D eigenvalue weighted by Crippen LogP contribution is -2.08. The molecule has 2 N–H and O–H groups in total. The number of carbonyl (C=O) groups excluding carboxylic acids is 1. The summed E-state index contributed by atoms with van der Waals surface area (Å²) in [4.78, 5) is 20.6. The molecule has 15 heavy (non-hydrogen) atoms. The topological polar surface area (TPSA) is 92.5 Å². The van der Waals surface area contributed by atoms with Crippen LogP contribution in [0.1, 0.15) is 6.92 Å². The lowest BCUT2D eigenvalue weighted by molar-refractivity contribution is -0.383. The number of nitro benzene ring substituents is 1. The second-order valence-electron chi connectivity index (χ2n) is 2.73. The lowest BCUT2D eigenvalue weighted by Gasteiger charge is -2.06. The molecule has 0 fully saturated rings. The SMILES string of the molecule is CC(=O)Nc1c(O)ccc(Cl)c1[N+](=O)[O-]. The van der Waals surface area contributed by atoms with Crippen LogP contribution < -0.4 is 5.32 Å². The van der Waals surface area contributed by atoms with E-state index in [4.69, 9.17) is 11.6 Å². The Balaban J connectivity index is 3.38. The van der Waals surface area contributed by atoms with Crippen LogP contribution in [0.2, 0.25) is 5.02 Å². The Morgan fingerprint density at radius 1 is 1.60 bits per heavy atom. The van der Waals surface area contributed by atoms with E-state index >= 15 is 0 Å². The van der Waals surface area contributed by atoms with Gasteiger partial charge in [0.25, 0.3) is 0 Å². The monoisotopic (exact) mass is 230 g/mol. The molecule has 0 aromatic heterocycles. The highest BCUT2D eigenvalue weighted by Crippen LogP contribution is 2.39. The minimum atomic E-state index is -0.771. The van der Waals surface area contributed by atoms with E-state index in [9.17, 15) is 20.0 Å². The molecule has 0 aliphatic heterocycles. The molecule has 0 spiro atoms. The molecule has 0 saturated heterocycles. The number of hydrogen-bond donors (Lipinski definition) is 2. The van der Waals surface area contributed by atoms with Gasteiger partial charge in [-0.25, -0.2) is 0 Å². The van der Waals surface area contributed by atoms with Crippen LogP contribution in [0.5, 0.6) is 5.75 Å². The molecule has 0 saturated carbocycles. The maximum atomic E-state index is 10.8. The molecule has 80 valence electrons. The number of phenolic OH excluding ortho intramolecular Hbond substituents is 1. The Morgan fingerprint density at radius 3 is 2.67 bits per heavy atom. The molecule has 0 aliphatic rings. The van der Waals surface area contributed by atoms with Crippen LogP contribution in [-0.2, 0) is 4.79 Å². The predicted molar refractivity (Wildman–Crippen MR) is 54.1 cm³/mol. The van der Waals surface area contributed by atoms with Gasteiger partial charge < -0.3 is 10.4 Å². The third-order valence-corrected chi connectivity index (χ3v) is 1.90. The summed E-state index contributed by atoms with van der Waals surface area (Å²) < 4.78 is 0. The van der Waals surface area contributed by atoms with Gasteiger partial charge in [0.05, 0.1) is 4.92 Å². The minimum Gasteiger partial charge on any atom is -0.505 e. The van der Waals surface area contributed by atoms with Crippen LogP contribution in [0.25, 0.3) is 0 Å². The van der Waals surface area contributed by atoms with Crippen molar-refractivity contribution in [3.63, 3.8) is 0 Å². The Bertz CT molecular complexity index is 433. The second-order valence-corrected chi connectivity index (χ2v) is 3.14. The van der Waals surface area contributed by atoms with Crippen LogP contribution in [0, 0.1) is 10.1 Å². The van der Waals surface area contributed by atoms with Crippen molar-refractivity contribution in [3.8, 4) is 5.75 Å². The van der Waals surface area contributed by atoms with E-state index in [0.29, 0.717) is 0 Å². The van der Waals surface area contributed by atoms with Crippen LogP contribution in [0.15, 0.2) is 12.1 Å². The number of hydrogen-bond acceptors (Lipinski definition) is 4. The van der Waals surface area contributed by atoms with Gasteiger partial charge in [0.2, 0.25) is 5.91 Å². The van der Waals surface area contributed by atoms with Crippen LogP contribution in [0.3, 0.4) is 0 Å². The largest absolute Gasteiger partial charge is 0.505 e. The van der Waals surface area contributed by atoms with Gasteiger partial charge in [-0.1, -0.05) is 11.6 Å². The highest BCUT2D eigenvalue weighted by atomic mass is 35.5. The summed E-state index contributed by atoms with van der Waals surface area (Å²) >= 11 is 5.58. The number of nitrogens with one attached hydrogen (secondary N) is 1. The number of benzene rings is 1. The number of halogens is 1. The van der Waals surface area contributed by atoms with Crippen molar-refractivity contribution in [2.24, 2.45) is 0 Å². The number of carbonyl (C=O) groups is 1. The smallest absolute Gasteiger partial charge is 0.315 e. The predicted octanol–water partition coefficient (Wildman–Crippen LogP) is 1.91. The third kappa shape index (κ3) is 2.35. The van der Waals surface area contributed by atoms with E-state index in [1.54, 1.807) is 0 Å². The fourth-order valence-electron chi connectivity index (χ4n) is 1.03. The van der Waals surface area contributed by atoms with Gasteiger partial charge >= 0.3 is 5.69 Å². The first-order valence-electron chi connectivity index (χ1n) is 3.87. The zero-order valence-corrected chi connectivity index (χ0v) is 8.41. The fourth-order valence-corrected chi connectivity index (χ4v) is 1.26. The minimum absolute atomic E-state index is 0.151. The van der Waals surface area contributed by atoms with Crippen molar-refractivity contribution >= 4 is 28.9 Å². The second kappa shape index (κ2) is 4.14. The van der Waals surface area contributed by atoms with Crippen molar-refractivity contribution in [3.05, 3.63) is 27.3 Å². The van der Waals surface area contributed by atoms with Crippen LogP contribution in [-0.4, -0.2) is 15.9 Å². The highest BCUT2D eigenvalue weighted by molar-refractivity contribution is 6.33. The lowest BCUT2D eigenvalue weighted by atomic mass is 10.2. The molecular formula is C8H7ClN2O4. The molecule has 0 unspecified atom stereocenters. The number of phenols is 1. The Kier molecular flexibility index (Phi) is 3.11. The van der Waals surface area contributed by atoms with Crippen molar-refractivity contribution in [1.82, 2.24) is 0 Å². The zero-order chi connectivity index (χ0) is 11.6. The van der Waals surface area contributed by atoms with E-state index in [1.807, 2.05) is 0 Å². The molecule has 6 nitrogen and oxygen atoms in total. The average Bonchev–Trinajstić information content (AvgIpc) is 2.10. The van der Waals surface area contributed by atoms with E-state index < -0.39 is 22.3 Å². The van der Waals surface area contributed by atoms with Crippen LogP contribution in [0.4, 0.5) is 11.4 Å². The Hall–Kier alpha value is -1.82. The number of amides is 1. The first-order valence-corrected chi connectivity index (χ1v) is 4.24. The highest BCUT2D eigenvalue weighted by Gasteiger charge is 2.22. The molecule has 0 heterocycles. The summed E-state index contributed by atoms with van der Waals surface area (Å²) in [6.45, 7) is 1.17. The number of aromatic hydroxyl groups is 1. The number of anilines is 1. The molecule has 1 amide bonds. The molecule has 0 atom stereocenters. The van der Waals surface area contributed by atoms with E-state index in [0.717, 1.165) is 0 Å². The van der Waals surface area contributed by atoms with Gasteiger partial charge in [0.15, 0.2) is 5.69 Å². The van der Waals surface area contributed by atoms with Gasteiger partial charge in [-0.3, -0.25) is 14.9 Å². The van der Waals surface area contributed by atoms with Gasteiger partial charge in [0.1, 0.15) is 10.8 Å². The fraction of sp³-hybridized carbons (Fsp3) is 0.125. The summed E-state index contributed by atoms with van der Waals surface area (Å²) in [6, 6.07) is 2.35. The normalized spacial score (nSPS) is 9.73. The maximum absolute atomic E-state index is 10.8. The van der Waals surface area contributed by atoms with Crippen molar-refractivity contribution < 1.29 is 14.8 Å².